The molecule has 4 rings (SSSR count). The third-order valence-corrected chi connectivity index (χ3v) is 5.03. The maximum Gasteiger partial charge on any atom is 0.348 e. The Balaban J connectivity index is 1.85. The average Bonchev–Trinajstić information content (AvgIpc) is 3.09. The van der Waals surface area contributed by atoms with Gasteiger partial charge < -0.3 is 9.47 Å². The summed E-state index contributed by atoms with van der Waals surface area (Å²) < 4.78 is 26.8. The predicted molar refractivity (Wildman–Crippen MR) is 121 cm³/mol. The zero-order chi connectivity index (χ0) is 22.5. The van der Waals surface area contributed by atoms with E-state index in [0.29, 0.717) is 17.1 Å². The van der Waals surface area contributed by atoms with Crippen molar-refractivity contribution in [1.82, 2.24) is 14.8 Å². The van der Waals surface area contributed by atoms with Crippen molar-refractivity contribution in [2.24, 2.45) is 5.92 Å². The Labute approximate surface area is 184 Å². The topological polar surface area (TPSA) is 69.1 Å². The number of para-hydroxylation sites is 1. The Bertz CT molecular complexity index is 1280. The summed E-state index contributed by atoms with van der Waals surface area (Å²) in [6.45, 7) is 0. The number of nitrogens with one attached hydrogen (secondary N) is 1. The molecule has 2 aromatic carbocycles. The lowest BCUT2D eigenvalue weighted by molar-refractivity contribution is 0.287. The second-order valence-electron chi connectivity index (χ2n) is 7.05. The van der Waals surface area contributed by atoms with Gasteiger partial charge in [0.15, 0.2) is 5.82 Å². The standard InChI is InChI=1S/C25H22FN3O3/c1-31-19-14-18(13-12-17-8-4-3-5-9-17)15-20(23(16-19)32-2)24-27-28-25(30)29(24)22-11-7-6-10-21(22)26/h3-16,18H,1-2H3,(H,28,30)/b13-12+. The van der Waals surface area contributed by atoms with Crippen LogP contribution in [-0.4, -0.2) is 29.0 Å². The summed E-state index contributed by atoms with van der Waals surface area (Å²) in [7, 11) is 3.09. The van der Waals surface area contributed by atoms with Crippen LogP contribution in [-0.2, 0) is 9.47 Å². The van der Waals surface area contributed by atoms with E-state index in [9.17, 15) is 9.18 Å². The Morgan fingerprint density at radius 1 is 1.03 bits per heavy atom. The molecule has 1 aliphatic carbocycles. The number of halogens is 1. The lowest BCUT2D eigenvalue weighted by Crippen LogP contribution is -2.18. The molecule has 0 fully saturated rings. The van der Waals surface area contributed by atoms with E-state index < -0.39 is 11.5 Å². The number of rotatable bonds is 6. The molecule has 1 aliphatic rings. The Hall–Kier alpha value is -4.13. The smallest absolute Gasteiger partial charge is 0.348 e. The molecular formula is C25H22FN3O3. The quantitative estimate of drug-likeness (QED) is 0.625. The second kappa shape index (κ2) is 9.34. The molecular weight excluding hydrogens is 409 g/mol. The zero-order valence-electron chi connectivity index (χ0n) is 17.7. The fraction of sp³-hybridized carbons (Fsp3) is 0.120. The first-order valence-electron chi connectivity index (χ1n) is 10.0. The maximum atomic E-state index is 14.5. The van der Waals surface area contributed by atoms with Gasteiger partial charge >= 0.3 is 5.69 Å². The first kappa shape index (κ1) is 21.1. The highest BCUT2D eigenvalue weighted by Crippen LogP contribution is 2.31. The number of H-pyrrole nitrogens is 1. The number of aromatic amines is 1. The molecule has 0 saturated heterocycles. The lowest BCUT2D eigenvalue weighted by atomic mass is 10.0. The molecule has 0 aliphatic heterocycles. The summed E-state index contributed by atoms with van der Waals surface area (Å²) in [4.78, 5) is 12.6. The van der Waals surface area contributed by atoms with Crippen LogP contribution in [0.1, 0.15) is 11.4 Å². The van der Waals surface area contributed by atoms with Crippen LogP contribution in [0.4, 0.5) is 4.39 Å². The third kappa shape index (κ3) is 4.32. The number of benzene rings is 2. The number of methoxy groups -OCH3 is 2. The summed E-state index contributed by atoms with van der Waals surface area (Å²) >= 11 is 0. The van der Waals surface area contributed by atoms with Gasteiger partial charge in [-0.05, 0) is 23.8 Å². The van der Waals surface area contributed by atoms with E-state index >= 15 is 0 Å². The van der Waals surface area contributed by atoms with E-state index in [0.717, 1.165) is 5.56 Å². The SMILES string of the molecule is COC1=CC(/C=C/c2ccccc2)C=C(c2n[nH]c(=O)n2-c2ccccc2F)C(OC)=C1. The highest BCUT2D eigenvalue weighted by Gasteiger charge is 2.23. The molecule has 0 bridgehead atoms. The molecule has 7 heteroatoms. The number of aromatic nitrogens is 3. The normalized spacial score (nSPS) is 16.2. The molecule has 1 aromatic heterocycles. The minimum absolute atomic E-state index is 0.0955. The highest BCUT2D eigenvalue weighted by atomic mass is 19.1. The summed E-state index contributed by atoms with van der Waals surface area (Å²) in [5.74, 6) is 0.518. The van der Waals surface area contributed by atoms with E-state index in [2.05, 4.69) is 10.2 Å². The van der Waals surface area contributed by atoms with E-state index in [-0.39, 0.29) is 17.4 Å². The van der Waals surface area contributed by atoms with Crippen molar-refractivity contribution < 1.29 is 13.9 Å². The van der Waals surface area contributed by atoms with E-state index in [4.69, 9.17) is 9.47 Å². The van der Waals surface area contributed by atoms with Gasteiger partial charge in [-0.1, -0.05) is 60.7 Å². The molecule has 1 atom stereocenters. The molecule has 3 aromatic rings. The van der Waals surface area contributed by atoms with Crippen LogP contribution >= 0.6 is 0 Å². The Morgan fingerprint density at radius 3 is 2.50 bits per heavy atom. The van der Waals surface area contributed by atoms with Gasteiger partial charge in [-0.3, -0.25) is 0 Å². The lowest BCUT2D eigenvalue weighted by Gasteiger charge is -2.13. The number of nitrogens with zero attached hydrogens (tertiary/aromatic N) is 2. The van der Waals surface area contributed by atoms with E-state index in [1.165, 1.54) is 23.8 Å². The molecule has 1 unspecified atom stereocenters. The molecule has 0 saturated carbocycles. The van der Waals surface area contributed by atoms with Crippen LogP contribution in [0.15, 0.2) is 95.2 Å². The zero-order valence-corrected chi connectivity index (χ0v) is 17.7. The van der Waals surface area contributed by atoms with Crippen molar-refractivity contribution in [3.05, 3.63) is 118 Å². The summed E-state index contributed by atoms with van der Waals surface area (Å²) in [5.41, 5.74) is 1.11. The van der Waals surface area contributed by atoms with Crippen molar-refractivity contribution in [3.63, 3.8) is 0 Å². The maximum absolute atomic E-state index is 14.5. The van der Waals surface area contributed by atoms with Crippen molar-refractivity contribution >= 4 is 11.6 Å². The number of allylic oxidation sites excluding steroid dienone is 5. The number of hydrogen-bond donors (Lipinski definition) is 1. The summed E-state index contributed by atoms with van der Waals surface area (Å²) in [5, 5.41) is 6.61. The predicted octanol–water partition coefficient (Wildman–Crippen LogP) is 4.49. The second-order valence-corrected chi connectivity index (χ2v) is 7.05. The van der Waals surface area contributed by atoms with Gasteiger partial charge in [-0.2, -0.15) is 5.10 Å². The third-order valence-electron chi connectivity index (χ3n) is 5.03. The minimum Gasteiger partial charge on any atom is -0.497 e. The monoisotopic (exact) mass is 431 g/mol. The highest BCUT2D eigenvalue weighted by molar-refractivity contribution is 5.76. The summed E-state index contributed by atoms with van der Waals surface area (Å²) in [6, 6.07) is 15.9. The summed E-state index contributed by atoms with van der Waals surface area (Å²) in [6.07, 6.45) is 9.53. The molecule has 0 amide bonds. The Morgan fingerprint density at radius 2 is 1.78 bits per heavy atom. The fourth-order valence-corrected chi connectivity index (χ4v) is 3.48. The molecule has 32 heavy (non-hydrogen) atoms. The first-order valence-corrected chi connectivity index (χ1v) is 10.0. The fourth-order valence-electron chi connectivity index (χ4n) is 3.48. The molecule has 162 valence electrons. The van der Waals surface area contributed by atoms with Crippen LogP contribution in [0.25, 0.3) is 17.3 Å². The number of ether oxygens (including phenoxy) is 2. The molecule has 1 N–H and O–H groups in total. The van der Waals surface area contributed by atoms with Crippen molar-refractivity contribution in [2.45, 2.75) is 0 Å². The van der Waals surface area contributed by atoms with Crippen LogP contribution in [0, 0.1) is 11.7 Å². The largest absolute Gasteiger partial charge is 0.497 e. The van der Waals surface area contributed by atoms with Gasteiger partial charge in [0, 0.05) is 12.0 Å². The number of hydrogen-bond acceptors (Lipinski definition) is 4. The van der Waals surface area contributed by atoms with Gasteiger partial charge in [0.1, 0.15) is 17.3 Å². The van der Waals surface area contributed by atoms with Crippen LogP contribution in [0.2, 0.25) is 0 Å². The van der Waals surface area contributed by atoms with Crippen molar-refractivity contribution in [3.8, 4) is 5.69 Å². The molecule has 0 radical (unpaired) electrons. The molecule has 0 spiro atoms. The van der Waals surface area contributed by atoms with Gasteiger partial charge in [0.05, 0.1) is 25.5 Å². The van der Waals surface area contributed by atoms with Gasteiger partial charge in [0.2, 0.25) is 0 Å². The minimum atomic E-state index is -0.554. The average molecular weight is 431 g/mol. The van der Waals surface area contributed by atoms with Crippen LogP contribution < -0.4 is 5.69 Å². The van der Waals surface area contributed by atoms with Gasteiger partial charge in [0.25, 0.3) is 0 Å². The molecule has 6 nitrogen and oxygen atoms in total. The van der Waals surface area contributed by atoms with Crippen molar-refractivity contribution in [1.29, 1.82) is 0 Å². The van der Waals surface area contributed by atoms with Gasteiger partial charge in [-0.15, -0.1) is 0 Å². The van der Waals surface area contributed by atoms with Gasteiger partial charge in [-0.25, -0.2) is 18.9 Å². The van der Waals surface area contributed by atoms with Crippen LogP contribution in [0.5, 0.6) is 0 Å². The molecule has 1 heterocycles. The van der Waals surface area contributed by atoms with E-state index in [1.54, 1.807) is 25.3 Å². The van der Waals surface area contributed by atoms with Crippen LogP contribution in [0.3, 0.4) is 0 Å². The Kier molecular flexibility index (Phi) is 6.17. The van der Waals surface area contributed by atoms with Crippen molar-refractivity contribution in [2.75, 3.05) is 14.2 Å². The first-order chi connectivity index (χ1) is 15.6. The van der Waals surface area contributed by atoms with E-state index in [1.807, 2.05) is 54.6 Å².